The smallest absolute Gasteiger partial charge is 0.426 e. The maximum Gasteiger partial charge on any atom is 0.426 e. The Hall–Kier alpha value is -3.02. The van der Waals surface area contributed by atoms with Crippen molar-refractivity contribution in [3.8, 4) is 0 Å². The van der Waals surface area contributed by atoms with Crippen LogP contribution in [-0.2, 0) is 11.3 Å². The fraction of sp³-hybridized carbons (Fsp3) is 0.0667. The molecule has 21 heavy (non-hydrogen) atoms. The molecule has 2 aromatic carbocycles. The molecule has 0 aliphatic carbocycles. The van der Waals surface area contributed by atoms with Gasteiger partial charge in [0.1, 0.15) is 6.61 Å². The first-order valence-electron chi connectivity index (χ1n) is 6.21. The van der Waals surface area contributed by atoms with Crippen LogP contribution in [0.5, 0.6) is 0 Å². The highest BCUT2D eigenvalue weighted by Gasteiger charge is 2.04. The number of nitrogens with one attached hydrogen (secondary N) is 2. The first-order chi connectivity index (χ1) is 10.1. The molecule has 6 heteroatoms. The van der Waals surface area contributed by atoms with Crippen molar-refractivity contribution in [1.29, 1.82) is 0 Å². The van der Waals surface area contributed by atoms with Gasteiger partial charge in [0, 0.05) is 0 Å². The van der Waals surface area contributed by atoms with Crippen LogP contribution in [0.3, 0.4) is 0 Å². The largest absolute Gasteiger partial charge is 0.478 e. The van der Waals surface area contributed by atoms with Crippen LogP contribution in [-0.4, -0.2) is 17.2 Å². The van der Waals surface area contributed by atoms with Crippen LogP contribution in [0, 0.1) is 0 Å². The minimum absolute atomic E-state index is 0.173. The lowest BCUT2D eigenvalue weighted by Crippen LogP contribution is -2.29. The van der Waals surface area contributed by atoms with Crippen LogP contribution in [0.1, 0.15) is 15.9 Å². The van der Waals surface area contributed by atoms with Gasteiger partial charge < -0.3 is 9.84 Å². The van der Waals surface area contributed by atoms with Crippen molar-refractivity contribution in [2.75, 3.05) is 5.43 Å². The Balaban J connectivity index is 1.77. The van der Waals surface area contributed by atoms with E-state index in [1.54, 1.807) is 12.1 Å². The Morgan fingerprint density at radius 2 is 1.67 bits per heavy atom. The summed E-state index contributed by atoms with van der Waals surface area (Å²) < 4.78 is 5.01. The average Bonchev–Trinajstić information content (AvgIpc) is 2.52. The van der Waals surface area contributed by atoms with Gasteiger partial charge in [0.2, 0.25) is 0 Å². The summed E-state index contributed by atoms with van der Waals surface area (Å²) in [5.41, 5.74) is 6.60. The summed E-state index contributed by atoms with van der Waals surface area (Å²) in [4.78, 5) is 22.2. The second kappa shape index (κ2) is 6.95. The maximum absolute atomic E-state index is 11.5. The molecule has 0 unspecified atom stereocenters. The van der Waals surface area contributed by atoms with Gasteiger partial charge >= 0.3 is 12.1 Å². The molecule has 0 saturated heterocycles. The Morgan fingerprint density at radius 1 is 1.00 bits per heavy atom. The molecule has 0 aliphatic rings. The predicted molar refractivity (Wildman–Crippen MR) is 76.8 cm³/mol. The second-order valence-corrected chi connectivity index (χ2v) is 4.19. The molecule has 0 aliphatic heterocycles. The zero-order chi connectivity index (χ0) is 15.1. The lowest BCUT2D eigenvalue weighted by molar-refractivity contribution is 0.0697. The highest BCUT2D eigenvalue weighted by molar-refractivity contribution is 5.88. The molecule has 0 radical (unpaired) electrons. The van der Waals surface area contributed by atoms with E-state index in [1.165, 1.54) is 12.1 Å². The molecule has 0 bridgehead atoms. The minimum atomic E-state index is -1.00. The highest BCUT2D eigenvalue weighted by Crippen LogP contribution is 2.08. The molecule has 0 aromatic heterocycles. The summed E-state index contributed by atoms with van der Waals surface area (Å²) in [6, 6.07) is 15.3. The number of benzene rings is 2. The molecule has 0 heterocycles. The van der Waals surface area contributed by atoms with E-state index in [1.807, 2.05) is 30.3 Å². The van der Waals surface area contributed by atoms with Gasteiger partial charge in [-0.15, -0.1) is 0 Å². The SMILES string of the molecule is O=C(NNc1ccc(C(=O)O)cc1)OCc1ccccc1. The predicted octanol–water partition coefficient (Wildman–Crippen LogP) is 2.64. The Labute approximate surface area is 121 Å². The lowest BCUT2D eigenvalue weighted by Gasteiger charge is -2.09. The van der Waals surface area contributed by atoms with E-state index < -0.39 is 12.1 Å². The molecule has 0 spiro atoms. The summed E-state index contributed by atoms with van der Waals surface area (Å²) in [5, 5.41) is 8.76. The number of carboxylic acids is 1. The number of carbonyl (C=O) groups excluding carboxylic acids is 1. The zero-order valence-electron chi connectivity index (χ0n) is 11.1. The van der Waals surface area contributed by atoms with Crippen molar-refractivity contribution >= 4 is 17.7 Å². The fourth-order valence-electron chi connectivity index (χ4n) is 1.58. The summed E-state index contributed by atoms with van der Waals surface area (Å²) in [6.45, 7) is 0.173. The van der Waals surface area contributed by atoms with E-state index in [2.05, 4.69) is 10.9 Å². The van der Waals surface area contributed by atoms with Gasteiger partial charge in [0.25, 0.3) is 0 Å². The number of ether oxygens (including phenoxy) is 1. The maximum atomic E-state index is 11.5. The Morgan fingerprint density at radius 3 is 2.29 bits per heavy atom. The molecule has 0 atom stereocenters. The summed E-state index contributed by atoms with van der Waals surface area (Å²) in [7, 11) is 0. The van der Waals surface area contributed by atoms with E-state index in [9.17, 15) is 9.59 Å². The normalized spacial score (nSPS) is 9.71. The van der Waals surface area contributed by atoms with Crippen LogP contribution < -0.4 is 10.9 Å². The standard InChI is InChI=1S/C15H14N2O4/c18-14(19)12-6-8-13(9-7-12)16-17-15(20)21-10-11-4-2-1-3-5-11/h1-9,16H,10H2,(H,17,20)(H,18,19). The Kier molecular flexibility index (Phi) is 4.76. The van der Waals surface area contributed by atoms with E-state index in [4.69, 9.17) is 9.84 Å². The number of rotatable bonds is 5. The van der Waals surface area contributed by atoms with Crippen LogP contribution in [0.15, 0.2) is 54.6 Å². The molecular formula is C15H14N2O4. The van der Waals surface area contributed by atoms with Crippen LogP contribution >= 0.6 is 0 Å². The van der Waals surface area contributed by atoms with Crippen molar-refractivity contribution in [2.45, 2.75) is 6.61 Å². The van der Waals surface area contributed by atoms with E-state index in [-0.39, 0.29) is 12.2 Å². The van der Waals surface area contributed by atoms with Gasteiger partial charge in [-0.05, 0) is 29.8 Å². The highest BCUT2D eigenvalue weighted by atomic mass is 16.6. The number of carboxylic acid groups (broad SMARTS) is 1. The number of carbonyl (C=O) groups is 2. The number of aromatic carboxylic acids is 1. The summed E-state index contributed by atoms with van der Waals surface area (Å²) in [6.07, 6.45) is -0.624. The van der Waals surface area contributed by atoms with Crippen molar-refractivity contribution < 1.29 is 19.4 Å². The topological polar surface area (TPSA) is 87.7 Å². The van der Waals surface area contributed by atoms with Crippen molar-refractivity contribution in [1.82, 2.24) is 5.43 Å². The van der Waals surface area contributed by atoms with Gasteiger partial charge in [0.15, 0.2) is 0 Å². The molecule has 0 saturated carbocycles. The van der Waals surface area contributed by atoms with Gasteiger partial charge in [-0.3, -0.25) is 5.43 Å². The fourth-order valence-corrected chi connectivity index (χ4v) is 1.58. The summed E-state index contributed by atoms with van der Waals surface area (Å²) >= 11 is 0. The van der Waals surface area contributed by atoms with Crippen molar-refractivity contribution in [3.63, 3.8) is 0 Å². The molecule has 2 rings (SSSR count). The average molecular weight is 286 g/mol. The van der Waals surface area contributed by atoms with Gasteiger partial charge in [-0.1, -0.05) is 30.3 Å². The molecule has 3 N–H and O–H groups in total. The van der Waals surface area contributed by atoms with Crippen molar-refractivity contribution in [2.24, 2.45) is 0 Å². The number of anilines is 1. The number of amides is 1. The quantitative estimate of drug-likeness (QED) is 0.735. The van der Waals surface area contributed by atoms with Gasteiger partial charge in [0.05, 0.1) is 11.3 Å². The molecule has 108 valence electrons. The molecule has 1 amide bonds. The minimum Gasteiger partial charge on any atom is -0.478 e. The molecular weight excluding hydrogens is 272 g/mol. The first kappa shape index (κ1) is 14.4. The molecule has 0 fully saturated rings. The first-order valence-corrected chi connectivity index (χ1v) is 6.21. The second-order valence-electron chi connectivity index (χ2n) is 4.19. The van der Waals surface area contributed by atoms with E-state index in [0.717, 1.165) is 5.56 Å². The van der Waals surface area contributed by atoms with Crippen LogP contribution in [0.2, 0.25) is 0 Å². The monoisotopic (exact) mass is 286 g/mol. The Bertz CT molecular complexity index is 611. The number of hydrogen-bond donors (Lipinski definition) is 3. The van der Waals surface area contributed by atoms with Crippen LogP contribution in [0.4, 0.5) is 10.5 Å². The van der Waals surface area contributed by atoms with E-state index in [0.29, 0.717) is 5.69 Å². The van der Waals surface area contributed by atoms with Crippen molar-refractivity contribution in [3.05, 3.63) is 65.7 Å². The number of hydrazine groups is 1. The third-order valence-corrected chi connectivity index (χ3v) is 2.65. The van der Waals surface area contributed by atoms with Crippen LogP contribution in [0.25, 0.3) is 0 Å². The van der Waals surface area contributed by atoms with Gasteiger partial charge in [-0.2, -0.15) is 0 Å². The third-order valence-electron chi connectivity index (χ3n) is 2.65. The molecule has 6 nitrogen and oxygen atoms in total. The summed E-state index contributed by atoms with van der Waals surface area (Å²) in [5.74, 6) is -1.00. The van der Waals surface area contributed by atoms with Gasteiger partial charge in [-0.25, -0.2) is 15.0 Å². The zero-order valence-corrected chi connectivity index (χ0v) is 11.1. The lowest BCUT2D eigenvalue weighted by atomic mass is 10.2. The van der Waals surface area contributed by atoms with E-state index >= 15 is 0 Å². The molecule has 2 aromatic rings. The number of hydrogen-bond acceptors (Lipinski definition) is 4. The third kappa shape index (κ3) is 4.54.